The van der Waals surface area contributed by atoms with E-state index in [0.717, 1.165) is 17.5 Å². The second-order valence-electron chi connectivity index (χ2n) is 8.85. The zero-order chi connectivity index (χ0) is 25.5. The Hall–Kier alpha value is -3.68. The van der Waals surface area contributed by atoms with Crippen molar-refractivity contribution in [3.63, 3.8) is 0 Å². The van der Waals surface area contributed by atoms with Crippen molar-refractivity contribution in [3.8, 4) is 0 Å². The van der Waals surface area contributed by atoms with Gasteiger partial charge in [-0.15, -0.1) is 0 Å². The van der Waals surface area contributed by atoms with E-state index in [1.807, 2.05) is 45.9 Å². The lowest BCUT2D eigenvalue weighted by Crippen LogP contribution is -2.45. The molecule has 0 saturated carbocycles. The van der Waals surface area contributed by atoms with Crippen LogP contribution in [0.2, 0.25) is 0 Å². The van der Waals surface area contributed by atoms with Crippen LogP contribution in [0.4, 0.5) is 11.4 Å². The van der Waals surface area contributed by atoms with E-state index in [9.17, 15) is 19.2 Å². The molecule has 2 aromatic carbocycles. The maximum absolute atomic E-state index is 12.9. The standard InChI is InChI=1S/C27H33N3O5/c1-5-19(3)30(16-24(31)28-23-12-6-9-18(2)20(23)4)26(33)17-35-27(34)21-10-7-11-22(15-21)29-14-8-13-25(29)32/h6-7,9-12,15,19H,5,8,13-14,16-17H2,1-4H3,(H,28,31)/t19-/m1/s1. The van der Waals surface area contributed by atoms with Gasteiger partial charge < -0.3 is 19.9 Å². The number of hydrogen-bond acceptors (Lipinski definition) is 5. The molecule has 8 heteroatoms. The average molecular weight is 480 g/mol. The normalized spacial score (nSPS) is 13.9. The van der Waals surface area contributed by atoms with Crippen LogP contribution in [0.5, 0.6) is 0 Å². The maximum Gasteiger partial charge on any atom is 0.338 e. The van der Waals surface area contributed by atoms with Crippen LogP contribution in [0.1, 0.15) is 54.6 Å². The van der Waals surface area contributed by atoms with E-state index in [2.05, 4.69) is 5.32 Å². The smallest absolute Gasteiger partial charge is 0.338 e. The molecule has 3 amide bonds. The van der Waals surface area contributed by atoms with Crippen LogP contribution >= 0.6 is 0 Å². The number of hydrogen-bond donors (Lipinski definition) is 1. The number of anilines is 2. The highest BCUT2D eigenvalue weighted by atomic mass is 16.5. The average Bonchev–Trinajstić information content (AvgIpc) is 3.29. The van der Waals surface area contributed by atoms with Gasteiger partial charge in [0, 0.05) is 30.4 Å². The van der Waals surface area contributed by atoms with Gasteiger partial charge in [-0.2, -0.15) is 0 Å². The van der Waals surface area contributed by atoms with E-state index >= 15 is 0 Å². The summed E-state index contributed by atoms with van der Waals surface area (Å²) < 4.78 is 5.28. The predicted molar refractivity (Wildman–Crippen MR) is 134 cm³/mol. The minimum atomic E-state index is -0.657. The minimum absolute atomic E-state index is 0.0222. The number of esters is 1. The summed E-state index contributed by atoms with van der Waals surface area (Å²) in [7, 11) is 0. The fraction of sp³-hybridized carbons (Fsp3) is 0.407. The Balaban J connectivity index is 1.62. The molecule has 0 aromatic heterocycles. The number of rotatable bonds is 9. The van der Waals surface area contributed by atoms with Gasteiger partial charge in [0.05, 0.1) is 5.56 Å². The van der Waals surface area contributed by atoms with Crippen LogP contribution in [-0.2, 0) is 19.1 Å². The number of nitrogens with one attached hydrogen (secondary N) is 1. The Bertz CT molecular complexity index is 1110. The first kappa shape index (κ1) is 25.9. The summed E-state index contributed by atoms with van der Waals surface area (Å²) in [6.45, 7) is 7.65. The summed E-state index contributed by atoms with van der Waals surface area (Å²) in [5, 5.41) is 2.87. The molecule has 1 aliphatic rings. The first-order valence-corrected chi connectivity index (χ1v) is 11.9. The van der Waals surface area contributed by atoms with E-state index in [0.29, 0.717) is 30.8 Å². The second kappa shape index (κ2) is 11.6. The lowest BCUT2D eigenvalue weighted by atomic mass is 10.1. The molecule has 1 heterocycles. The van der Waals surface area contributed by atoms with Crippen molar-refractivity contribution in [1.82, 2.24) is 4.90 Å². The highest BCUT2D eigenvalue weighted by molar-refractivity contribution is 5.98. The minimum Gasteiger partial charge on any atom is -0.452 e. The Kier molecular flexibility index (Phi) is 8.63. The van der Waals surface area contributed by atoms with E-state index in [1.165, 1.54) is 4.90 Å². The molecule has 1 fully saturated rings. The van der Waals surface area contributed by atoms with Crippen molar-refractivity contribution in [1.29, 1.82) is 0 Å². The zero-order valence-electron chi connectivity index (χ0n) is 20.8. The van der Waals surface area contributed by atoms with Gasteiger partial charge in [-0.05, 0) is 69.0 Å². The van der Waals surface area contributed by atoms with Gasteiger partial charge in [0.25, 0.3) is 5.91 Å². The number of carbonyl (C=O) groups excluding carboxylic acids is 4. The highest BCUT2D eigenvalue weighted by Gasteiger charge is 2.25. The van der Waals surface area contributed by atoms with Crippen LogP contribution in [0.25, 0.3) is 0 Å². The molecular weight excluding hydrogens is 446 g/mol. The van der Waals surface area contributed by atoms with Gasteiger partial charge in [-0.25, -0.2) is 4.79 Å². The third-order valence-corrected chi connectivity index (χ3v) is 6.43. The number of aryl methyl sites for hydroxylation is 1. The van der Waals surface area contributed by atoms with Crippen LogP contribution in [0, 0.1) is 13.8 Å². The highest BCUT2D eigenvalue weighted by Crippen LogP contribution is 2.23. The van der Waals surface area contributed by atoms with Gasteiger partial charge in [0.15, 0.2) is 6.61 Å². The molecule has 1 saturated heterocycles. The molecule has 1 atom stereocenters. The van der Waals surface area contributed by atoms with Crippen molar-refractivity contribution < 1.29 is 23.9 Å². The number of nitrogens with zero attached hydrogens (tertiary/aromatic N) is 2. The van der Waals surface area contributed by atoms with Crippen LogP contribution in [0.15, 0.2) is 42.5 Å². The molecule has 1 N–H and O–H groups in total. The first-order chi connectivity index (χ1) is 16.7. The fourth-order valence-electron chi connectivity index (χ4n) is 3.96. The summed E-state index contributed by atoms with van der Waals surface area (Å²) in [5.41, 5.74) is 3.63. The van der Waals surface area contributed by atoms with Crippen LogP contribution < -0.4 is 10.2 Å². The molecule has 0 aliphatic carbocycles. The van der Waals surface area contributed by atoms with Crippen molar-refractivity contribution in [2.24, 2.45) is 0 Å². The molecule has 35 heavy (non-hydrogen) atoms. The third-order valence-electron chi connectivity index (χ3n) is 6.43. The van der Waals surface area contributed by atoms with Crippen molar-refractivity contribution >= 4 is 35.1 Å². The summed E-state index contributed by atoms with van der Waals surface area (Å²) in [6.07, 6.45) is 1.92. The van der Waals surface area contributed by atoms with Gasteiger partial charge in [0.1, 0.15) is 6.54 Å². The molecular formula is C27H33N3O5. The number of carbonyl (C=O) groups is 4. The largest absolute Gasteiger partial charge is 0.452 e. The fourth-order valence-corrected chi connectivity index (χ4v) is 3.96. The first-order valence-electron chi connectivity index (χ1n) is 11.9. The summed E-state index contributed by atoms with van der Waals surface area (Å²) in [5.74, 6) is -1.40. The topological polar surface area (TPSA) is 96.0 Å². The van der Waals surface area contributed by atoms with Crippen LogP contribution in [-0.4, -0.2) is 54.3 Å². The van der Waals surface area contributed by atoms with E-state index in [1.54, 1.807) is 29.2 Å². The molecule has 3 rings (SSSR count). The maximum atomic E-state index is 12.9. The van der Waals surface area contributed by atoms with Crippen molar-refractivity contribution in [3.05, 3.63) is 59.2 Å². The Morgan fingerprint density at radius 1 is 1.14 bits per heavy atom. The number of ether oxygens (including phenoxy) is 1. The molecule has 186 valence electrons. The van der Waals surface area contributed by atoms with Crippen molar-refractivity contribution in [2.45, 2.75) is 53.0 Å². The number of amides is 3. The van der Waals surface area contributed by atoms with Gasteiger partial charge in [-0.3, -0.25) is 14.4 Å². The second-order valence-corrected chi connectivity index (χ2v) is 8.85. The summed E-state index contributed by atoms with van der Waals surface area (Å²) in [4.78, 5) is 53.3. The van der Waals surface area contributed by atoms with Gasteiger partial charge in [-0.1, -0.05) is 25.1 Å². The molecule has 0 unspecified atom stereocenters. The predicted octanol–water partition coefficient (Wildman–Crippen LogP) is 3.85. The van der Waals surface area contributed by atoms with E-state index < -0.39 is 18.5 Å². The Morgan fingerprint density at radius 2 is 1.89 bits per heavy atom. The molecule has 1 aliphatic heterocycles. The molecule has 0 radical (unpaired) electrons. The van der Waals surface area contributed by atoms with Gasteiger partial charge >= 0.3 is 5.97 Å². The van der Waals surface area contributed by atoms with Crippen molar-refractivity contribution in [2.75, 3.05) is 29.9 Å². The van der Waals surface area contributed by atoms with Crippen LogP contribution in [0.3, 0.4) is 0 Å². The number of benzene rings is 2. The summed E-state index contributed by atoms with van der Waals surface area (Å²) in [6, 6.07) is 12.1. The molecule has 0 bridgehead atoms. The molecule has 2 aromatic rings. The quantitative estimate of drug-likeness (QED) is 0.551. The molecule has 8 nitrogen and oxygen atoms in total. The third kappa shape index (κ3) is 6.47. The lowest BCUT2D eigenvalue weighted by molar-refractivity contribution is -0.139. The monoisotopic (exact) mass is 479 g/mol. The van der Waals surface area contributed by atoms with E-state index in [4.69, 9.17) is 4.74 Å². The zero-order valence-corrected chi connectivity index (χ0v) is 20.8. The Labute approximate surface area is 206 Å². The Morgan fingerprint density at radius 3 is 2.57 bits per heavy atom. The molecule has 0 spiro atoms. The summed E-state index contributed by atoms with van der Waals surface area (Å²) >= 11 is 0. The van der Waals surface area contributed by atoms with E-state index in [-0.39, 0.29) is 30.0 Å². The van der Waals surface area contributed by atoms with Gasteiger partial charge in [0.2, 0.25) is 11.8 Å². The lowest BCUT2D eigenvalue weighted by Gasteiger charge is -2.28. The SMILES string of the molecule is CC[C@@H](C)N(CC(=O)Nc1cccc(C)c1C)C(=O)COC(=O)c1cccc(N2CCCC2=O)c1.